The lowest BCUT2D eigenvalue weighted by Gasteiger charge is -2.11. The van der Waals surface area contributed by atoms with Crippen molar-refractivity contribution in [3.05, 3.63) is 35.8 Å². The van der Waals surface area contributed by atoms with E-state index in [1.807, 2.05) is 6.07 Å². The molecule has 1 aromatic carbocycles. The number of hydrogen-bond acceptors (Lipinski definition) is 2. The summed E-state index contributed by atoms with van der Waals surface area (Å²) in [5, 5.41) is 4.43. The zero-order valence-corrected chi connectivity index (χ0v) is 10.5. The van der Waals surface area contributed by atoms with Crippen molar-refractivity contribution in [1.29, 1.82) is 0 Å². The molecule has 2 aromatic rings. The molecule has 0 radical (unpaired) electrons. The molecule has 18 heavy (non-hydrogen) atoms. The molecular weight excluding hydrogens is 227 g/mol. The van der Waals surface area contributed by atoms with Crippen LogP contribution in [0.3, 0.4) is 0 Å². The van der Waals surface area contributed by atoms with Gasteiger partial charge in [-0.15, -0.1) is 0 Å². The van der Waals surface area contributed by atoms with E-state index < -0.39 is 0 Å². The minimum atomic E-state index is -0.218. The second kappa shape index (κ2) is 4.56. The molecule has 0 aliphatic heterocycles. The topological polar surface area (TPSA) is 24.9 Å². The minimum Gasteiger partial charge on any atom is -0.384 e. The number of nitrogens with zero attached hydrogens (tertiary/aromatic N) is 1. The average molecular weight is 244 g/mol. The van der Waals surface area contributed by atoms with Gasteiger partial charge in [0.25, 0.3) is 0 Å². The molecule has 0 spiro atoms. The molecule has 1 aromatic heterocycles. The molecule has 1 fully saturated rings. The van der Waals surface area contributed by atoms with Gasteiger partial charge in [0.2, 0.25) is 0 Å². The normalized spacial score (nSPS) is 15.0. The van der Waals surface area contributed by atoms with Crippen molar-refractivity contribution in [3.8, 4) is 0 Å². The quantitative estimate of drug-likeness (QED) is 0.876. The Hall–Kier alpha value is -1.64. The predicted molar refractivity (Wildman–Crippen MR) is 72.5 cm³/mol. The Morgan fingerprint density at radius 1 is 1.33 bits per heavy atom. The van der Waals surface area contributed by atoms with Gasteiger partial charge in [0.15, 0.2) is 0 Å². The van der Waals surface area contributed by atoms with Crippen LogP contribution in [0.1, 0.15) is 37.8 Å². The van der Waals surface area contributed by atoms with E-state index in [2.05, 4.69) is 23.3 Å². The second-order valence-electron chi connectivity index (χ2n) is 4.96. The Bertz CT molecular complexity index is 576. The summed E-state index contributed by atoms with van der Waals surface area (Å²) < 4.78 is 13.3. The SMILES string of the molecule is CCCNc1cc(C2CC2)nc2cc(F)ccc12. The number of pyridine rings is 1. The first kappa shape index (κ1) is 11.5. The van der Waals surface area contributed by atoms with Crippen LogP contribution in [0.15, 0.2) is 24.3 Å². The minimum absolute atomic E-state index is 0.218. The molecule has 0 atom stereocenters. The Morgan fingerprint density at radius 2 is 2.17 bits per heavy atom. The standard InChI is InChI=1S/C15H17FN2/c1-2-7-17-14-9-13(10-3-4-10)18-15-8-11(16)5-6-12(14)15/h5-6,8-10H,2-4,7H2,1H3,(H,17,18). The lowest BCUT2D eigenvalue weighted by Crippen LogP contribution is -2.02. The first-order valence-electron chi connectivity index (χ1n) is 6.62. The van der Waals surface area contributed by atoms with E-state index in [-0.39, 0.29) is 5.82 Å². The number of rotatable bonds is 4. The van der Waals surface area contributed by atoms with E-state index in [9.17, 15) is 4.39 Å². The van der Waals surface area contributed by atoms with Crippen molar-refractivity contribution in [2.24, 2.45) is 0 Å². The van der Waals surface area contributed by atoms with Gasteiger partial charge in [-0.2, -0.15) is 0 Å². The fourth-order valence-electron chi connectivity index (χ4n) is 2.22. The monoisotopic (exact) mass is 244 g/mol. The lowest BCUT2D eigenvalue weighted by atomic mass is 10.1. The summed E-state index contributed by atoms with van der Waals surface area (Å²) in [7, 11) is 0. The fourth-order valence-corrected chi connectivity index (χ4v) is 2.22. The van der Waals surface area contributed by atoms with E-state index in [4.69, 9.17) is 0 Å². The van der Waals surface area contributed by atoms with E-state index in [0.29, 0.717) is 5.92 Å². The summed E-state index contributed by atoms with van der Waals surface area (Å²) in [4.78, 5) is 4.59. The highest BCUT2D eigenvalue weighted by Crippen LogP contribution is 2.41. The van der Waals surface area contributed by atoms with Gasteiger partial charge in [0.1, 0.15) is 5.82 Å². The fraction of sp³-hybridized carbons (Fsp3) is 0.400. The van der Waals surface area contributed by atoms with E-state index in [0.717, 1.165) is 35.2 Å². The molecule has 3 heteroatoms. The summed E-state index contributed by atoms with van der Waals surface area (Å²) in [6.07, 6.45) is 3.49. The van der Waals surface area contributed by atoms with Crippen molar-refractivity contribution >= 4 is 16.6 Å². The van der Waals surface area contributed by atoms with Gasteiger partial charge >= 0.3 is 0 Å². The van der Waals surface area contributed by atoms with Crippen LogP contribution in [0.2, 0.25) is 0 Å². The van der Waals surface area contributed by atoms with Gasteiger partial charge < -0.3 is 5.32 Å². The number of nitrogens with one attached hydrogen (secondary N) is 1. The maximum atomic E-state index is 13.3. The molecule has 0 unspecified atom stereocenters. The van der Waals surface area contributed by atoms with Crippen LogP contribution < -0.4 is 5.32 Å². The largest absolute Gasteiger partial charge is 0.384 e. The van der Waals surface area contributed by atoms with Gasteiger partial charge in [-0.25, -0.2) is 4.39 Å². The molecular formula is C15H17FN2. The number of halogens is 1. The Morgan fingerprint density at radius 3 is 2.89 bits per heavy atom. The summed E-state index contributed by atoms with van der Waals surface area (Å²) in [5.41, 5.74) is 2.95. The summed E-state index contributed by atoms with van der Waals surface area (Å²) in [6, 6.07) is 6.97. The highest BCUT2D eigenvalue weighted by Gasteiger charge is 2.25. The molecule has 1 saturated carbocycles. The molecule has 3 rings (SSSR count). The van der Waals surface area contributed by atoms with Gasteiger partial charge in [0.05, 0.1) is 5.52 Å². The molecule has 1 aliphatic carbocycles. The van der Waals surface area contributed by atoms with Crippen molar-refractivity contribution in [2.45, 2.75) is 32.1 Å². The number of aromatic nitrogens is 1. The smallest absolute Gasteiger partial charge is 0.125 e. The lowest BCUT2D eigenvalue weighted by molar-refractivity contribution is 0.629. The van der Waals surface area contributed by atoms with Gasteiger partial charge in [-0.1, -0.05) is 6.92 Å². The van der Waals surface area contributed by atoms with E-state index >= 15 is 0 Å². The van der Waals surface area contributed by atoms with E-state index in [1.165, 1.54) is 25.0 Å². The number of anilines is 1. The summed E-state index contributed by atoms with van der Waals surface area (Å²) >= 11 is 0. The van der Waals surface area contributed by atoms with Crippen LogP contribution in [0.5, 0.6) is 0 Å². The highest BCUT2D eigenvalue weighted by atomic mass is 19.1. The van der Waals surface area contributed by atoms with Crippen molar-refractivity contribution in [1.82, 2.24) is 4.98 Å². The van der Waals surface area contributed by atoms with E-state index in [1.54, 1.807) is 0 Å². The third-order valence-corrected chi connectivity index (χ3v) is 3.35. The second-order valence-corrected chi connectivity index (χ2v) is 4.96. The Labute approximate surface area is 106 Å². The summed E-state index contributed by atoms with van der Waals surface area (Å²) in [5.74, 6) is 0.365. The molecule has 1 heterocycles. The third kappa shape index (κ3) is 2.17. The Kier molecular flexibility index (Phi) is 2.90. The Balaban J connectivity index is 2.10. The number of hydrogen-bond donors (Lipinski definition) is 1. The predicted octanol–water partition coefficient (Wildman–Crippen LogP) is 4.07. The maximum Gasteiger partial charge on any atom is 0.125 e. The van der Waals surface area contributed by atoms with Crippen LogP contribution in [0.25, 0.3) is 10.9 Å². The van der Waals surface area contributed by atoms with Crippen LogP contribution in [-0.4, -0.2) is 11.5 Å². The highest BCUT2D eigenvalue weighted by molar-refractivity contribution is 5.91. The molecule has 1 N–H and O–H groups in total. The van der Waals surface area contributed by atoms with Crippen molar-refractivity contribution in [3.63, 3.8) is 0 Å². The number of benzene rings is 1. The average Bonchev–Trinajstić information content (AvgIpc) is 3.19. The first-order valence-corrected chi connectivity index (χ1v) is 6.62. The molecule has 0 bridgehead atoms. The van der Waals surface area contributed by atoms with Crippen LogP contribution in [-0.2, 0) is 0 Å². The molecule has 2 nitrogen and oxygen atoms in total. The summed E-state index contributed by atoms with van der Waals surface area (Å²) in [6.45, 7) is 3.07. The molecule has 1 aliphatic rings. The molecule has 0 amide bonds. The number of fused-ring (bicyclic) bond motifs is 1. The van der Waals surface area contributed by atoms with Crippen LogP contribution in [0.4, 0.5) is 10.1 Å². The zero-order chi connectivity index (χ0) is 12.5. The van der Waals surface area contributed by atoms with Crippen molar-refractivity contribution in [2.75, 3.05) is 11.9 Å². The molecule has 0 saturated heterocycles. The van der Waals surface area contributed by atoms with Gasteiger partial charge in [-0.3, -0.25) is 4.98 Å². The zero-order valence-electron chi connectivity index (χ0n) is 10.5. The van der Waals surface area contributed by atoms with Gasteiger partial charge in [-0.05, 0) is 37.5 Å². The molecule has 94 valence electrons. The van der Waals surface area contributed by atoms with Crippen LogP contribution in [0, 0.1) is 5.82 Å². The van der Waals surface area contributed by atoms with Crippen LogP contribution >= 0.6 is 0 Å². The third-order valence-electron chi connectivity index (χ3n) is 3.35. The maximum absolute atomic E-state index is 13.3. The van der Waals surface area contributed by atoms with Crippen molar-refractivity contribution < 1.29 is 4.39 Å². The van der Waals surface area contributed by atoms with Gasteiger partial charge in [0, 0.05) is 35.3 Å². The first-order chi connectivity index (χ1) is 8.78.